The molecule has 1 N–H and O–H groups in total. The van der Waals surface area contributed by atoms with Gasteiger partial charge in [0.25, 0.3) is 0 Å². The zero-order chi connectivity index (χ0) is 21.0. The molecule has 3 nitrogen and oxygen atoms in total. The molecule has 4 unspecified atom stereocenters. The predicted molar refractivity (Wildman–Crippen MR) is 124 cm³/mol. The van der Waals surface area contributed by atoms with Crippen LogP contribution in [0.2, 0.25) is 0 Å². The summed E-state index contributed by atoms with van der Waals surface area (Å²) in [6.45, 7) is 11.5. The van der Waals surface area contributed by atoms with Gasteiger partial charge in [0.2, 0.25) is 0 Å². The Labute approximate surface area is 182 Å². The van der Waals surface area contributed by atoms with Crippen molar-refractivity contribution in [3.63, 3.8) is 0 Å². The number of hydrogen-bond donors (Lipinski definition) is 1. The largest absolute Gasteiger partial charge is 0.348 e. The van der Waals surface area contributed by atoms with E-state index >= 15 is 0 Å². The molecule has 0 aromatic heterocycles. The summed E-state index contributed by atoms with van der Waals surface area (Å²) in [4.78, 5) is 0. The van der Waals surface area contributed by atoms with Crippen molar-refractivity contribution in [3.8, 4) is 0 Å². The Morgan fingerprint density at radius 1 is 0.793 bits per heavy atom. The van der Waals surface area contributed by atoms with Gasteiger partial charge in [-0.05, 0) is 57.9 Å². The highest BCUT2D eigenvalue weighted by atomic mass is 16.7. The van der Waals surface area contributed by atoms with Crippen molar-refractivity contribution >= 4 is 0 Å². The smallest absolute Gasteiger partial charge is 0.186 e. The molecule has 0 radical (unpaired) electrons. The number of rotatable bonds is 15. The average Bonchev–Trinajstić information content (AvgIpc) is 2.75. The van der Waals surface area contributed by atoms with Gasteiger partial charge in [-0.3, -0.25) is 0 Å². The van der Waals surface area contributed by atoms with Crippen molar-refractivity contribution in [2.45, 2.75) is 129 Å². The van der Waals surface area contributed by atoms with Gasteiger partial charge in [0.1, 0.15) is 0 Å². The Balaban J connectivity index is 2.16. The minimum absolute atomic E-state index is 0.359. The van der Waals surface area contributed by atoms with Crippen LogP contribution in [0.15, 0.2) is 0 Å². The Bertz CT molecular complexity index is 406. The van der Waals surface area contributed by atoms with Gasteiger partial charge in [0.15, 0.2) is 5.79 Å². The molecule has 172 valence electrons. The van der Waals surface area contributed by atoms with Crippen LogP contribution in [-0.2, 0) is 9.47 Å². The fourth-order valence-corrected chi connectivity index (χ4v) is 6.28. The highest BCUT2D eigenvalue weighted by molar-refractivity contribution is 5.01. The molecule has 0 spiro atoms. The molecule has 4 atom stereocenters. The molecule has 3 heteroatoms. The molecule has 2 fully saturated rings. The van der Waals surface area contributed by atoms with E-state index in [1.54, 1.807) is 0 Å². The average molecular weight is 410 g/mol. The van der Waals surface area contributed by atoms with Crippen molar-refractivity contribution in [3.05, 3.63) is 0 Å². The number of nitrogens with one attached hydrogen (secondary N) is 1. The van der Waals surface area contributed by atoms with Crippen LogP contribution in [0.1, 0.15) is 118 Å². The Morgan fingerprint density at radius 2 is 1.48 bits per heavy atom. The maximum atomic E-state index is 6.68. The molecule has 1 aliphatic carbocycles. The summed E-state index contributed by atoms with van der Waals surface area (Å²) in [7, 11) is 0. The molecule has 29 heavy (non-hydrogen) atoms. The zero-order valence-electron chi connectivity index (χ0n) is 20.1. The lowest BCUT2D eigenvalue weighted by atomic mass is 9.67. The van der Waals surface area contributed by atoms with Crippen LogP contribution in [-0.4, -0.2) is 31.6 Å². The topological polar surface area (TPSA) is 30.5 Å². The molecule has 1 saturated carbocycles. The minimum Gasteiger partial charge on any atom is -0.348 e. The van der Waals surface area contributed by atoms with Gasteiger partial charge in [-0.15, -0.1) is 0 Å². The van der Waals surface area contributed by atoms with Crippen LogP contribution in [0.3, 0.4) is 0 Å². The van der Waals surface area contributed by atoms with E-state index < -0.39 is 5.79 Å². The quantitative estimate of drug-likeness (QED) is 0.231. The van der Waals surface area contributed by atoms with Gasteiger partial charge in [0, 0.05) is 19.1 Å². The van der Waals surface area contributed by atoms with Crippen molar-refractivity contribution in [1.82, 2.24) is 5.32 Å². The van der Waals surface area contributed by atoms with Crippen molar-refractivity contribution in [1.29, 1.82) is 0 Å². The summed E-state index contributed by atoms with van der Waals surface area (Å²) in [5.41, 5.74) is 0. The first kappa shape index (κ1) is 25.1. The Morgan fingerprint density at radius 3 is 2.17 bits per heavy atom. The van der Waals surface area contributed by atoms with Crippen molar-refractivity contribution < 1.29 is 9.47 Å². The standard InChI is InChI=1S/C26H51NO2/c1-5-9-10-11-12-13-18-23(16-6-2)26(28-7-3,29-8-4)25-24-19-15-14-17-22(24)20-21-27-25/h22-25,27H,5-21H2,1-4H3. The molecule has 0 bridgehead atoms. The van der Waals surface area contributed by atoms with E-state index in [1.807, 2.05) is 0 Å². The second-order valence-corrected chi connectivity index (χ2v) is 9.56. The third kappa shape index (κ3) is 6.94. The summed E-state index contributed by atoms with van der Waals surface area (Å²) >= 11 is 0. The van der Waals surface area contributed by atoms with Crippen LogP contribution >= 0.6 is 0 Å². The van der Waals surface area contributed by atoms with Crippen LogP contribution in [0, 0.1) is 17.8 Å². The molecule has 0 aromatic carbocycles. The van der Waals surface area contributed by atoms with E-state index in [9.17, 15) is 0 Å². The van der Waals surface area contributed by atoms with E-state index in [4.69, 9.17) is 9.47 Å². The highest BCUT2D eigenvalue weighted by Crippen LogP contribution is 2.45. The molecule has 2 rings (SSSR count). The Hall–Kier alpha value is -0.120. The van der Waals surface area contributed by atoms with Gasteiger partial charge in [-0.1, -0.05) is 78.1 Å². The lowest BCUT2D eigenvalue weighted by Crippen LogP contribution is -2.65. The summed E-state index contributed by atoms with van der Waals surface area (Å²) in [6.07, 6.45) is 18.7. The van der Waals surface area contributed by atoms with Gasteiger partial charge in [-0.2, -0.15) is 0 Å². The number of fused-ring (bicyclic) bond motifs is 1. The SMILES string of the molecule is CCCCCCCCC(CCC)C(OCC)(OCC)C1NCCC2CCCCC21. The second kappa shape index (κ2) is 14.0. The van der Waals surface area contributed by atoms with Gasteiger partial charge in [-0.25, -0.2) is 0 Å². The van der Waals surface area contributed by atoms with Crippen LogP contribution < -0.4 is 5.32 Å². The number of hydrogen-bond acceptors (Lipinski definition) is 3. The number of unbranched alkanes of at least 4 members (excludes halogenated alkanes) is 5. The minimum atomic E-state index is -0.441. The normalized spacial score (nSPS) is 26.3. The van der Waals surface area contributed by atoms with E-state index in [1.165, 1.54) is 89.9 Å². The third-order valence-corrected chi connectivity index (χ3v) is 7.56. The fourth-order valence-electron chi connectivity index (χ4n) is 6.28. The first-order chi connectivity index (χ1) is 14.2. The second-order valence-electron chi connectivity index (χ2n) is 9.56. The summed E-state index contributed by atoms with van der Waals surface area (Å²) in [6, 6.07) is 0.359. The highest BCUT2D eigenvalue weighted by Gasteiger charge is 2.52. The molecule has 0 aromatic rings. The van der Waals surface area contributed by atoms with E-state index in [-0.39, 0.29) is 0 Å². The van der Waals surface area contributed by atoms with E-state index in [0.29, 0.717) is 12.0 Å². The van der Waals surface area contributed by atoms with Crippen LogP contribution in [0.4, 0.5) is 0 Å². The lowest BCUT2D eigenvalue weighted by molar-refractivity contribution is -0.294. The lowest BCUT2D eigenvalue weighted by Gasteiger charge is -2.53. The number of ether oxygens (including phenoxy) is 2. The third-order valence-electron chi connectivity index (χ3n) is 7.56. The van der Waals surface area contributed by atoms with E-state index in [0.717, 1.165) is 31.6 Å². The van der Waals surface area contributed by atoms with Crippen LogP contribution in [0.5, 0.6) is 0 Å². The van der Waals surface area contributed by atoms with Gasteiger partial charge in [0.05, 0.1) is 6.04 Å². The van der Waals surface area contributed by atoms with Gasteiger partial charge >= 0.3 is 0 Å². The molecule has 1 aliphatic heterocycles. The maximum absolute atomic E-state index is 6.68. The number of piperidine rings is 1. The molecule has 0 amide bonds. The molecule has 1 heterocycles. The summed E-state index contributed by atoms with van der Waals surface area (Å²) in [5.74, 6) is 1.65. The van der Waals surface area contributed by atoms with E-state index in [2.05, 4.69) is 33.0 Å². The van der Waals surface area contributed by atoms with Crippen LogP contribution in [0.25, 0.3) is 0 Å². The monoisotopic (exact) mass is 409 g/mol. The summed E-state index contributed by atoms with van der Waals surface area (Å²) in [5, 5.41) is 3.94. The van der Waals surface area contributed by atoms with Crippen molar-refractivity contribution in [2.24, 2.45) is 17.8 Å². The molecule has 2 aliphatic rings. The molecular formula is C26H51NO2. The predicted octanol–water partition coefficient (Wildman–Crippen LogP) is 7.09. The Kier molecular flexibility index (Phi) is 12.2. The van der Waals surface area contributed by atoms with Crippen molar-refractivity contribution in [2.75, 3.05) is 19.8 Å². The first-order valence-electron chi connectivity index (χ1n) is 13.2. The first-order valence-corrected chi connectivity index (χ1v) is 13.2. The molecule has 1 saturated heterocycles. The fraction of sp³-hybridized carbons (Fsp3) is 1.00. The maximum Gasteiger partial charge on any atom is 0.186 e. The summed E-state index contributed by atoms with van der Waals surface area (Å²) < 4.78 is 13.4. The zero-order valence-corrected chi connectivity index (χ0v) is 20.1. The molecular weight excluding hydrogens is 358 g/mol. The van der Waals surface area contributed by atoms with Gasteiger partial charge < -0.3 is 14.8 Å².